The molecule has 1 saturated carbocycles. The van der Waals surface area contributed by atoms with Crippen molar-refractivity contribution in [2.45, 2.75) is 24.9 Å². The third-order valence-corrected chi connectivity index (χ3v) is 4.62. The average Bonchev–Trinajstić information content (AvgIpc) is 2.52. The van der Waals surface area contributed by atoms with E-state index in [2.05, 4.69) is 9.89 Å². The lowest BCUT2D eigenvalue weighted by Crippen LogP contribution is -2.51. The molecule has 1 aromatic rings. The van der Waals surface area contributed by atoms with Crippen LogP contribution in [0.15, 0.2) is 29.3 Å². The van der Waals surface area contributed by atoms with Gasteiger partial charge in [0.15, 0.2) is 5.96 Å². The first-order valence-corrected chi connectivity index (χ1v) is 7.84. The molecule has 0 bridgehead atoms. The molecule has 2 fully saturated rings. The van der Waals surface area contributed by atoms with Crippen LogP contribution in [0.4, 0.5) is 10.1 Å². The SMILES string of the molecule is I.NC(=NCC1(O)CCC1)N1CCN(c2ccc(F)cc2)CC1. The molecule has 1 heterocycles. The fraction of sp³-hybridized carbons (Fsp3) is 0.562. The van der Waals surface area contributed by atoms with Crippen molar-refractivity contribution in [2.24, 2.45) is 10.7 Å². The number of hydrogen-bond acceptors (Lipinski definition) is 3. The summed E-state index contributed by atoms with van der Waals surface area (Å²) in [6.45, 7) is 3.62. The van der Waals surface area contributed by atoms with E-state index in [4.69, 9.17) is 5.73 Å². The molecule has 1 aliphatic heterocycles. The van der Waals surface area contributed by atoms with Gasteiger partial charge in [0, 0.05) is 31.9 Å². The summed E-state index contributed by atoms with van der Waals surface area (Å²) in [6, 6.07) is 6.57. The second kappa shape index (κ2) is 7.65. The number of guanidine groups is 1. The predicted molar refractivity (Wildman–Crippen MR) is 101 cm³/mol. The van der Waals surface area contributed by atoms with E-state index in [0.717, 1.165) is 51.1 Å². The molecule has 0 amide bonds. The summed E-state index contributed by atoms with van der Waals surface area (Å²) < 4.78 is 13.0. The fourth-order valence-corrected chi connectivity index (χ4v) is 2.92. The standard InChI is InChI=1S/C16H23FN4O.HI/c17-13-2-4-14(5-3-13)20-8-10-21(11-9-20)15(18)19-12-16(22)6-1-7-16;/h2-5,22H,1,6-12H2,(H2,18,19);1H. The van der Waals surface area contributed by atoms with Crippen LogP contribution in [-0.4, -0.2) is 54.3 Å². The number of aliphatic hydroxyl groups is 1. The molecule has 0 unspecified atom stereocenters. The van der Waals surface area contributed by atoms with Gasteiger partial charge >= 0.3 is 0 Å². The van der Waals surface area contributed by atoms with Crippen LogP contribution in [0.1, 0.15) is 19.3 Å². The number of rotatable bonds is 3. The number of halogens is 2. The van der Waals surface area contributed by atoms with E-state index in [1.165, 1.54) is 12.1 Å². The Morgan fingerprint density at radius 3 is 2.30 bits per heavy atom. The lowest BCUT2D eigenvalue weighted by molar-refractivity contribution is -0.0237. The molecule has 1 aliphatic carbocycles. The van der Waals surface area contributed by atoms with Gasteiger partial charge in [0.25, 0.3) is 0 Å². The fourth-order valence-electron chi connectivity index (χ4n) is 2.92. The minimum absolute atomic E-state index is 0. The Balaban J connectivity index is 0.00000192. The zero-order chi connectivity index (χ0) is 15.6. The lowest BCUT2D eigenvalue weighted by Gasteiger charge is -2.38. The summed E-state index contributed by atoms with van der Waals surface area (Å²) >= 11 is 0. The second-order valence-corrected chi connectivity index (χ2v) is 6.20. The molecule has 1 saturated heterocycles. The van der Waals surface area contributed by atoms with Crippen LogP contribution in [0.2, 0.25) is 0 Å². The van der Waals surface area contributed by atoms with Crippen molar-refractivity contribution < 1.29 is 9.50 Å². The Morgan fingerprint density at radius 2 is 1.78 bits per heavy atom. The number of nitrogens with two attached hydrogens (primary N) is 1. The number of nitrogens with zero attached hydrogens (tertiary/aromatic N) is 3. The zero-order valence-corrected chi connectivity index (χ0v) is 15.4. The maximum Gasteiger partial charge on any atom is 0.191 e. The van der Waals surface area contributed by atoms with Crippen LogP contribution in [0, 0.1) is 5.82 Å². The van der Waals surface area contributed by atoms with Gasteiger partial charge in [-0.05, 0) is 43.5 Å². The second-order valence-electron chi connectivity index (χ2n) is 6.20. The maximum atomic E-state index is 13.0. The van der Waals surface area contributed by atoms with E-state index in [1.807, 2.05) is 4.90 Å². The number of hydrogen-bond donors (Lipinski definition) is 2. The minimum Gasteiger partial charge on any atom is -0.388 e. The van der Waals surface area contributed by atoms with E-state index >= 15 is 0 Å². The molecule has 5 nitrogen and oxygen atoms in total. The Kier molecular flexibility index (Phi) is 6.07. The molecule has 0 radical (unpaired) electrons. The molecule has 7 heteroatoms. The van der Waals surface area contributed by atoms with Gasteiger partial charge in [-0.1, -0.05) is 0 Å². The monoisotopic (exact) mass is 434 g/mol. The molecular formula is C16H24FIN4O. The van der Waals surface area contributed by atoms with Crippen LogP contribution in [0.3, 0.4) is 0 Å². The quantitative estimate of drug-likeness (QED) is 0.433. The van der Waals surface area contributed by atoms with Crippen molar-refractivity contribution in [3.63, 3.8) is 0 Å². The van der Waals surface area contributed by atoms with Gasteiger partial charge in [0.2, 0.25) is 0 Å². The van der Waals surface area contributed by atoms with Crippen molar-refractivity contribution in [3.05, 3.63) is 30.1 Å². The van der Waals surface area contributed by atoms with Gasteiger partial charge < -0.3 is 20.6 Å². The topological polar surface area (TPSA) is 65.1 Å². The highest BCUT2D eigenvalue weighted by molar-refractivity contribution is 14.0. The summed E-state index contributed by atoms with van der Waals surface area (Å²) in [5.74, 6) is 0.298. The van der Waals surface area contributed by atoms with Gasteiger partial charge in [-0.3, -0.25) is 4.99 Å². The van der Waals surface area contributed by atoms with Crippen LogP contribution in [0.5, 0.6) is 0 Å². The van der Waals surface area contributed by atoms with Crippen LogP contribution >= 0.6 is 24.0 Å². The minimum atomic E-state index is -0.624. The summed E-state index contributed by atoms with van der Waals surface area (Å²) in [4.78, 5) is 8.61. The van der Waals surface area contributed by atoms with E-state index in [0.29, 0.717) is 12.5 Å². The number of anilines is 1. The number of aliphatic imine (C=N–C) groups is 1. The van der Waals surface area contributed by atoms with Crippen LogP contribution in [0.25, 0.3) is 0 Å². The number of piperazine rings is 1. The van der Waals surface area contributed by atoms with Gasteiger partial charge in [0.1, 0.15) is 5.82 Å². The highest BCUT2D eigenvalue weighted by atomic mass is 127. The smallest absolute Gasteiger partial charge is 0.191 e. The third kappa shape index (κ3) is 4.47. The highest BCUT2D eigenvalue weighted by Gasteiger charge is 2.34. The molecule has 0 aromatic heterocycles. The van der Waals surface area contributed by atoms with Crippen LogP contribution < -0.4 is 10.6 Å². The molecule has 3 N–H and O–H groups in total. The van der Waals surface area contributed by atoms with Gasteiger partial charge in [-0.15, -0.1) is 24.0 Å². The first kappa shape index (κ1) is 18.3. The lowest BCUT2D eigenvalue weighted by atomic mass is 9.80. The van der Waals surface area contributed by atoms with Crippen LogP contribution in [-0.2, 0) is 0 Å². The molecule has 0 spiro atoms. The van der Waals surface area contributed by atoms with Gasteiger partial charge in [-0.2, -0.15) is 0 Å². The third-order valence-electron chi connectivity index (χ3n) is 4.62. The van der Waals surface area contributed by atoms with Crippen molar-refractivity contribution in [1.29, 1.82) is 0 Å². The molecule has 2 aliphatic rings. The van der Waals surface area contributed by atoms with Crippen molar-refractivity contribution in [3.8, 4) is 0 Å². The molecule has 0 atom stereocenters. The Bertz CT molecular complexity index is 540. The average molecular weight is 434 g/mol. The van der Waals surface area contributed by atoms with E-state index in [-0.39, 0.29) is 29.8 Å². The van der Waals surface area contributed by atoms with E-state index in [9.17, 15) is 9.50 Å². The first-order chi connectivity index (χ1) is 10.6. The molecule has 23 heavy (non-hydrogen) atoms. The maximum absolute atomic E-state index is 13.0. The molecule has 1 aromatic carbocycles. The first-order valence-electron chi connectivity index (χ1n) is 7.84. The Hall–Kier alpha value is -1.09. The summed E-state index contributed by atoms with van der Waals surface area (Å²) in [6.07, 6.45) is 2.71. The zero-order valence-electron chi connectivity index (χ0n) is 13.1. The van der Waals surface area contributed by atoms with Crippen molar-refractivity contribution in [1.82, 2.24) is 4.90 Å². The largest absolute Gasteiger partial charge is 0.388 e. The van der Waals surface area contributed by atoms with Crippen molar-refractivity contribution in [2.75, 3.05) is 37.6 Å². The summed E-state index contributed by atoms with van der Waals surface area (Å²) in [5, 5.41) is 10.1. The van der Waals surface area contributed by atoms with E-state index in [1.54, 1.807) is 12.1 Å². The van der Waals surface area contributed by atoms with Crippen molar-refractivity contribution >= 4 is 35.6 Å². The van der Waals surface area contributed by atoms with Gasteiger partial charge in [-0.25, -0.2) is 4.39 Å². The highest BCUT2D eigenvalue weighted by Crippen LogP contribution is 2.31. The number of benzene rings is 1. The van der Waals surface area contributed by atoms with E-state index < -0.39 is 5.60 Å². The molecule has 128 valence electrons. The van der Waals surface area contributed by atoms with Gasteiger partial charge in [0.05, 0.1) is 12.1 Å². The Morgan fingerprint density at radius 1 is 1.17 bits per heavy atom. The summed E-state index contributed by atoms with van der Waals surface area (Å²) in [5.41, 5.74) is 6.44. The normalized spacial score (nSPS) is 20.7. The molecular weight excluding hydrogens is 410 g/mol. The predicted octanol–water partition coefficient (Wildman–Crippen LogP) is 1.80. The Labute approximate surface area is 153 Å². The molecule has 3 rings (SSSR count). The summed E-state index contributed by atoms with van der Waals surface area (Å²) in [7, 11) is 0.